The molecule has 0 atom stereocenters. The molecule has 32 heavy (non-hydrogen) atoms. The minimum atomic E-state index is -0.392. The summed E-state index contributed by atoms with van der Waals surface area (Å²) < 4.78 is 18.9. The number of halogens is 1. The SMILES string of the molecule is CCC(=C1CCC(NC(=O)c2cccnc2)CC1)c1cccc(Oc2ccc(F)cn2)c1. The first kappa shape index (κ1) is 21.7. The van der Waals surface area contributed by atoms with Crippen LogP contribution in [0.1, 0.15) is 54.9 Å². The van der Waals surface area contributed by atoms with Crippen LogP contribution < -0.4 is 10.1 Å². The lowest BCUT2D eigenvalue weighted by molar-refractivity contribution is 0.0930. The second kappa shape index (κ2) is 10.2. The van der Waals surface area contributed by atoms with E-state index in [4.69, 9.17) is 4.74 Å². The van der Waals surface area contributed by atoms with Crippen molar-refractivity contribution < 1.29 is 13.9 Å². The van der Waals surface area contributed by atoms with Crippen LogP contribution in [-0.2, 0) is 0 Å². The quantitative estimate of drug-likeness (QED) is 0.524. The zero-order valence-electron chi connectivity index (χ0n) is 18.1. The van der Waals surface area contributed by atoms with Crippen molar-refractivity contribution in [3.63, 3.8) is 0 Å². The highest BCUT2D eigenvalue weighted by Gasteiger charge is 2.21. The number of pyridine rings is 2. The molecule has 2 aromatic heterocycles. The summed E-state index contributed by atoms with van der Waals surface area (Å²) >= 11 is 0. The van der Waals surface area contributed by atoms with Gasteiger partial charge in [0.2, 0.25) is 5.88 Å². The summed E-state index contributed by atoms with van der Waals surface area (Å²) in [6.45, 7) is 2.16. The predicted octanol–water partition coefficient (Wildman–Crippen LogP) is 5.94. The molecule has 0 radical (unpaired) electrons. The molecule has 1 N–H and O–H groups in total. The van der Waals surface area contributed by atoms with Crippen LogP contribution in [0, 0.1) is 5.82 Å². The van der Waals surface area contributed by atoms with E-state index < -0.39 is 5.82 Å². The molecule has 1 aliphatic rings. The van der Waals surface area contributed by atoms with E-state index in [0.29, 0.717) is 17.2 Å². The van der Waals surface area contributed by atoms with Crippen LogP contribution in [0.15, 0.2) is 72.7 Å². The molecule has 1 aliphatic carbocycles. The van der Waals surface area contributed by atoms with Gasteiger partial charge in [-0.15, -0.1) is 0 Å². The summed E-state index contributed by atoms with van der Waals surface area (Å²) in [7, 11) is 0. The van der Waals surface area contributed by atoms with Gasteiger partial charge in [0, 0.05) is 24.5 Å². The topological polar surface area (TPSA) is 64.1 Å². The molecule has 0 unspecified atom stereocenters. The Bertz CT molecular complexity index is 1090. The summed E-state index contributed by atoms with van der Waals surface area (Å²) in [6.07, 6.45) is 9.05. The second-order valence-electron chi connectivity index (χ2n) is 7.87. The number of carbonyl (C=O) groups is 1. The molecule has 5 nitrogen and oxygen atoms in total. The Kier molecular flexibility index (Phi) is 6.90. The number of amides is 1. The zero-order valence-corrected chi connectivity index (χ0v) is 18.1. The van der Waals surface area contributed by atoms with Crippen molar-refractivity contribution in [3.05, 3.63) is 89.6 Å². The normalized spacial score (nSPS) is 15.8. The largest absolute Gasteiger partial charge is 0.439 e. The number of carbonyl (C=O) groups excluding carboxylic acids is 1. The molecule has 4 rings (SSSR count). The molecule has 2 heterocycles. The van der Waals surface area contributed by atoms with Crippen molar-refractivity contribution in [2.45, 2.75) is 45.1 Å². The van der Waals surface area contributed by atoms with Crippen molar-refractivity contribution >= 4 is 11.5 Å². The Morgan fingerprint density at radius 1 is 1.09 bits per heavy atom. The maximum absolute atomic E-state index is 13.1. The van der Waals surface area contributed by atoms with Gasteiger partial charge in [0.1, 0.15) is 11.6 Å². The molecule has 1 fully saturated rings. The van der Waals surface area contributed by atoms with E-state index in [1.165, 1.54) is 23.3 Å². The maximum atomic E-state index is 13.1. The smallest absolute Gasteiger partial charge is 0.253 e. The molecular formula is C26H26FN3O2. The summed E-state index contributed by atoms with van der Waals surface area (Å²) in [5.74, 6) is 0.575. The highest BCUT2D eigenvalue weighted by atomic mass is 19.1. The molecule has 0 aliphatic heterocycles. The molecular weight excluding hydrogens is 405 g/mol. The van der Waals surface area contributed by atoms with E-state index in [9.17, 15) is 9.18 Å². The van der Waals surface area contributed by atoms with Gasteiger partial charge in [-0.3, -0.25) is 9.78 Å². The average Bonchev–Trinajstić information content (AvgIpc) is 2.83. The summed E-state index contributed by atoms with van der Waals surface area (Å²) in [6, 6.07) is 14.5. The molecule has 1 aromatic carbocycles. The van der Waals surface area contributed by atoms with Crippen molar-refractivity contribution in [1.29, 1.82) is 0 Å². The van der Waals surface area contributed by atoms with E-state index >= 15 is 0 Å². The van der Waals surface area contributed by atoms with Crippen molar-refractivity contribution in [2.75, 3.05) is 0 Å². The Labute approximate surface area is 187 Å². The minimum Gasteiger partial charge on any atom is -0.439 e. The lowest BCUT2D eigenvalue weighted by Crippen LogP contribution is -2.36. The number of nitrogens with one attached hydrogen (secondary N) is 1. The van der Waals surface area contributed by atoms with Crippen LogP contribution >= 0.6 is 0 Å². The fraction of sp³-hybridized carbons (Fsp3) is 0.269. The van der Waals surface area contributed by atoms with Crippen LogP contribution in [0.3, 0.4) is 0 Å². The van der Waals surface area contributed by atoms with Gasteiger partial charge in [0.15, 0.2) is 0 Å². The molecule has 6 heteroatoms. The monoisotopic (exact) mass is 431 g/mol. The highest BCUT2D eigenvalue weighted by Crippen LogP contribution is 2.34. The van der Waals surface area contributed by atoms with Crippen molar-refractivity contribution in [2.24, 2.45) is 0 Å². The van der Waals surface area contributed by atoms with Gasteiger partial charge < -0.3 is 10.1 Å². The number of allylic oxidation sites excluding steroid dienone is 2. The van der Waals surface area contributed by atoms with Crippen molar-refractivity contribution in [3.8, 4) is 11.6 Å². The fourth-order valence-electron chi connectivity index (χ4n) is 4.13. The number of rotatable bonds is 6. The molecule has 0 bridgehead atoms. The van der Waals surface area contributed by atoms with Gasteiger partial charge in [-0.1, -0.05) is 24.6 Å². The summed E-state index contributed by atoms with van der Waals surface area (Å²) in [5.41, 5.74) is 4.46. The van der Waals surface area contributed by atoms with Crippen LogP contribution in [0.2, 0.25) is 0 Å². The molecule has 1 amide bonds. The molecule has 164 valence electrons. The van der Waals surface area contributed by atoms with E-state index in [-0.39, 0.29) is 11.9 Å². The van der Waals surface area contributed by atoms with Gasteiger partial charge in [-0.25, -0.2) is 9.37 Å². The first-order valence-electron chi connectivity index (χ1n) is 10.9. The van der Waals surface area contributed by atoms with E-state index in [0.717, 1.165) is 43.9 Å². The summed E-state index contributed by atoms with van der Waals surface area (Å²) in [4.78, 5) is 20.4. The second-order valence-corrected chi connectivity index (χ2v) is 7.87. The van der Waals surface area contributed by atoms with Gasteiger partial charge in [-0.2, -0.15) is 0 Å². The number of hydrogen-bond donors (Lipinski definition) is 1. The van der Waals surface area contributed by atoms with E-state index in [1.54, 1.807) is 24.5 Å². The lowest BCUT2D eigenvalue weighted by Gasteiger charge is -2.27. The third kappa shape index (κ3) is 5.38. The predicted molar refractivity (Wildman–Crippen MR) is 122 cm³/mol. The van der Waals surface area contributed by atoms with Gasteiger partial charge >= 0.3 is 0 Å². The maximum Gasteiger partial charge on any atom is 0.253 e. The fourth-order valence-corrected chi connectivity index (χ4v) is 4.13. The molecule has 1 saturated carbocycles. The number of nitrogens with zero attached hydrogens (tertiary/aromatic N) is 2. The van der Waals surface area contributed by atoms with Gasteiger partial charge in [0.25, 0.3) is 5.91 Å². The standard InChI is InChI=1S/C26H26FN3O2/c1-2-24(19-5-3-7-23(15-19)32-25-13-10-21(27)17-29-25)18-8-11-22(12-9-18)30-26(31)20-6-4-14-28-16-20/h3-7,10,13-17,22H,2,8-9,11-12H2,1H3,(H,30,31). The Morgan fingerprint density at radius 2 is 1.91 bits per heavy atom. The van der Waals surface area contributed by atoms with Crippen LogP contribution in [0.25, 0.3) is 5.57 Å². The van der Waals surface area contributed by atoms with Crippen LogP contribution in [0.5, 0.6) is 11.6 Å². The minimum absolute atomic E-state index is 0.0644. The Balaban J connectivity index is 1.43. The van der Waals surface area contributed by atoms with E-state index in [1.807, 2.05) is 18.2 Å². The molecule has 3 aromatic rings. The number of ether oxygens (including phenoxy) is 1. The average molecular weight is 432 g/mol. The van der Waals surface area contributed by atoms with Crippen molar-refractivity contribution in [1.82, 2.24) is 15.3 Å². The third-order valence-corrected chi connectivity index (χ3v) is 5.73. The number of benzene rings is 1. The number of hydrogen-bond acceptors (Lipinski definition) is 4. The first-order valence-corrected chi connectivity index (χ1v) is 10.9. The van der Waals surface area contributed by atoms with Crippen LogP contribution in [-0.4, -0.2) is 21.9 Å². The van der Waals surface area contributed by atoms with Gasteiger partial charge in [0.05, 0.1) is 11.8 Å². The van der Waals surface area contributed by atoms with Crippen LogP contribution in [0.4, 0.5) is 4.39 Å². The Hall–Kier alpha value is -3.54. The summed E-state index contributed by atoms with van der Waals surface area (Å²) in [5, 5.41) is 3.14. The highest BCUT2D eigenvalue weighted by molar-refractivity contribution is 5.94. The first-order chi connectivity index (χ1) is 15.6. The third-order valence-electron chi connectivity index (χ3n) is 5.73. The lowest BCUT2D eigenvalue weighted by atomic mass is 9.84. The zero-order chi connectivity index (χ0) is 22.3. The number of aromatic nitrogens is 2. The Morgan fingerprint density at radius 3 is 2.59 bits per heavy atom. The van der Waals surface area contributed by atoms with Gasteiger partial charge in [-0.05, 0) is 73.6 Å². The molecule has 0 saturated heterocycles. The molecule has 0 spiro atoms. The van der Waals surface area contributed by atoms with E-state index in [2.05, 4.69) is 28.3 Å².